The standard InChI is InChI=1S/C37H34N6O2/c1-4-5-11-25-16-22-28(23-17-25)38-34-36-40-35-32(24(2)41-43(35)29-12-7-6-8-13-29)33(26-18-20-27(21-19-26)37(44)45-3)42(36)31-15-10-9-14-30(31)39-34/h6-10,12-23,33H,4-5,11H2,1-3H3,(H,38,39)/t33-/m1/s1. The Balaban J connectivity index is 1.41. The molecule has 2 aliphatic rings. The van der Waals surface area contributed by atoms with E-state index in [1.54, 1.807) is 0 Å². The van der Waals surface area contributed by atoms with E-state index >= 15 is 0 Å². The van der Waals surface area contributed by atoms with Gasteiger partial charge in [0.1, 0.15) is 0 Å². The number of nitrogens with one attached hydrogen (secondary N) is 1. The summed E-state index contributed by atoms with van der Waals surface area (Å²) in [5.41, 5.74) is 8.30. The molecule has 224 valence electrons. The minimum absolute atomic E-state index is 0.290. The van der Waals surface area contributed by atoms with E-state index < -0.39 is 0 Å². The first-order valence-corrected chi connectivity index (χ1v) is 15.3. The Morgan fingerprint density at radius 1 is 0.889 bits per heavy atom. The highest BCUT2D eigenvalue weighted by Crippen LogP contribution is 2.48. The third-order valence-electron chi connectivity index (χ3n) is 8.32. The predicted octanol–water partition coefficient (Wildman–Crippen LogP) is 8.11. The average Bonchev–Trinajstić information content (AvgIpc) is 3.43. The van der Waals surface area contributed by atoms with Crippen molar-refractivity contribution in [3.8, 4) is 5.69 Å². The van der Waals surface area contributed by atoms with Crippen LogP contribution in [0, 0.1) is 6.92 Å². The van der Waals surface area contributed by atoms with Gasteiger partial charge in [-0.1, -0.05) is 67.9 Å². The summed E-state index contributed by atoms with van der Waals surface area (Å²) in [6.45, 7) is 4.24. The van der Waals surface area contributed by atoms with Crippen LogP contribution < -0.4 is 10.2 Å². The van der Waals surface area contributed by atoms with Crippen molar-refractivity contribution in [1.82, 2.24) is 9.78 Å². The smallest absolute Gasteiger partial charge is 0.337 e. The molecule has 1 aromatic heterocycles. The van der Waals surface area contributed by atoms with Crippen molar-refractivity contribution in [2.45, 2.75) is 39.2 Å². The Hall–Kier alpha value is -5.50. The van der Waals surface area contributed by atoms with E-state index in [4.69, 9.17) is 19.8 Å². The van der Waals surface area contributed by atoms with E-state index in [1.807, 2.05) is 84.4 Å². The highest BCUT2D eigenvalue weighted by molar-refractivity contribution is 6.51. The summed E-state index contributed by atoms with van der Waals surface area (Å²) >= 11 is 0. The molecular formula is C37H34N6O2. The van der Waals surface area contributed by atoms with Crippen LogP contribution in [0.15, 0.2) is 113 Å². The lowest BCUT2D eigenvalue weighted by atomic mass is 9.92. The maximum Gasteiger partial charge on any atom is 0.337 e. The van der Waals surface area contributed by atoms with Crippen molar-refractivity contribution in [3.05, 3.63) is 131 Å². The van der Waals surface area contributed by atoms with Gasteiger partial charge in [-0.25, -0.2) is 19.5 Å². The predicted molar refractivity (Wildman–Crippen MR) is 180 cm³/mol. The number of nitrogens with zero attached hydrogens (tertiary/aromatic N) is 5. The monoisotopic (exact) mass is 594 g/mol. The molecule has 0 radical (unpaired) electrons. The molecule has 1 N–H and O–H groups in total. The number of aryl methyl sites for hydroxylation is 2. The Bertz CT molecular complexity index is 1920. The van der Waals surface area contributed by atoms with Gasteiger partial charge < -0.3 is 15.0 Å². The number of hydrogen-bond donors (Lipinski definition) is 1. The van der Waals surface area contributed by atoms with Gasteiger partial charge in [0.2, 0.25) is 0 Å². The molecule has 45 heavy (non-hydrogen) atoms. The maximum atomic E-state index is 12.3. The zero-order chi connectivity index (χ0) is 30.9. The fourth-order valence-corrected chi connectivity index (χ4v) is 6.05. The van der Waals surface area contributed by atoms with Crippen LogP contribution in [-0.4, -0.2) is 34.5 Å². The number of carbonyl (C=O) groups is 1. The number of para-hydroxylation sites is 3. The summed E-state index contributed by atoms with van der Waals surface area (Å²) in [5.74, 6) is 1.71. The Labute approximate surface area is 262 Å². The van der Waals surface area contributed by atoms with Crippen molar-refractivity contribution in [2.24, 2.45) is 9.98 Å². The van der Waals surface area contributed by atoms with Crippen LogP contribution in [0.4, 0.5) is 22.9 Å². The van der Waals surface area contributed by atoms with Gasteiger partial charge in [-0.3, -0.25) is 0 Å². The molecule has 8 heteroatoms. The minimum atomic E-state index is -0.371. The van der Waals surface area contributed by atoms with Crippen molar-refractivity contribution in [3.63, 3.8) is 0 Å². The molecule has 3 heterocycles. The molecule has 0 saturated heterocycles. The van der Waals surface area contributed by atoms with Gasteiger partial charge in [0, 0.05) is 11.3 Å². The molecule has 7 rings (SSSR count). The Morgan fingerprint density at radius 3 is 2.36 bits per heavy atom. The quantitative estimate of drug-likeness (QED) is 0.193. The number of anilines is 2. The summed E-state index contributed by atoms with van der Waals surface area (Å²) in [6.07, 6.45) is 3.40. The summed E-state index contributed by atoms with van der Waals surface area (Å²) in [6, 6.07) is 34.0. The van der Waals surface area contributed by atoms with Crippen LogP contribution in [0.3, 0.4) is 0 Å². The minimum Gasteiger partial charge on any atom is -0.465 e. The molecular weight excluding hydrogens is 560 g/mol. The van der Waals surface area contributed by atoms with Gasteiger partial charge in [0.25, 0.3) is 0 Å². The fourth-order valence-electron chi connectivity index (χ4n) is 6.05. The fraction of sp³-hybridized carbons (Fsp3) is 0.189. The summed E-state index contributed by atoms with van der Waals surface area (Å²) in [5, 5.41) is 8.59. The number of aromatic nitrogens is 2. The number of aliphatic imine (C=N–C) groups is 2. The van der Waals surface area contributed by atoms with Crippen molar-refractivity contribution in [1.29, 1.82) is 0 Å². The van der Waals surface area contributed by atoms with Crippen LogP contribution in [0.5, 0.6) is 0 Å². The Morgan fingerprint density at radius 2 is 1.62 bits per heavy atom. The molecule has 0 fully saturated rings. The molecule has 0 amide bonds. The zero-order valence-electron chi connectivity index (χ0n) is 25.6. The third-order valence-corrected chi connectivity index (χ3v) is 8.32. The van der Waals surface area contributed by atoms with Gasteiger partial charge in [-0.15, -0.1) is 0 Å². The first kappa shape index (κ1) is 28.3. The van der Waals surface area contributed by atoms with Crippen molar-refractivity contribution < 1.29 is 9.53 Å². The van der Waals surface area contributed by atoms with E-state index in [1.165, 1.54) is 25.5 Å². The zero-order valence-corrected chi connectivity index (χ0v) is 25.6. The number of ether oxygens (including phenoxy) is 1. The molecule has 2 aliphatic heterocycles. The lowest BCUT2D eigenvalue weighted by Gasteiger charge is -2.40. The molecule has 0 saturated carbocycles. The number of fused-ring (bicyclic) bond motifs is 4. The van der Waals surface area contributed by atoms with E-state index in [-0.39, 0.29) is 12.0 Å². The summed E-state index contributed by atoms with van der Waals surface area (Å²) in [4.78, 5) is 24.9. The normalized spacial score (nSPS) is 14.9. The number of amidine groups is 2. The highest BCUT2D eigenvalue weighted by Gasteiger charge is 2.41. The van der Waals surface area contributed by atoms with Crippen LogP contribution >= 0.6 is 0 Å². The van der Waals surface area contributed by atoms with Crippen LogP contribution in [-0.2, 0) is 11.2 Å². The number of rotatable bonds is 7. The number of esters is 1. The van der Waals surface area contributed by atoms with Gasteiger partial charge >= 0.3 is 5.97 Å². The van der Waals surface area contributed by atoms with E-state index in [0.717, 1.165) is 51.8 Å². The molecule has 0 unspecified atom stereocenters. The number of hydrogen-bond acceptors (Lipinski definition) is 7. The summed E-state index contributed by atoms with van der Waals surface area (Å²) < 4.78 is 6.88. The molecule has 4 aromatic carbocycles. The number of methoxy groups -OCH3 is 1. The maximum absolute atomic E-state index is 12.3. The van der Waals surface area contributed by atoms with Gasteiger partial charge in [-0.2, -0.15) is 5.10 Å². The largest absolute Gasteiger partial charge is 0.465 e. The SMILES string of the molecule is CCCCc1ccc(NC2=Nc3ccccc3N3C2=Nc2c(c(C)nn2-c2ccccc2)[C@H]3c2ccc(C(=O)OC)cc2)cc1. The van der Waals surface area contributed by atoms with Gasteiger partial charge in [0.15, 0.2) is 17.5 Å². The highest BCUT2D eigenvalue weighted by atomic mass is 16.5. The van der Waals surface area contributed by atoms with E-state index in [2.05, 4.69) is 47.5 Å². The van der Waals surface area contributed by atoms with E-state index in [9.17, 15) is 4.79 Å². The second-order valence-electron chi connectivity index (χ2n) is 11.3. The summed E-state index contributed by atoms with van der Waals surface area (Å²) in [7, 11) is 1.39. The van der Waals surface area contributed by atoms with Gasteiger partial charge in [0.05, 0.1) is 41.5 Å². The Kier molecular flexibility index (Phi) is 7.47. The number of carbonyl (C=O) groups excluding carboxylic acids is 1. The lowest BCUT2D eigenvalue weighted by Crippen LogP contribution is -2.46. The second kappa shape index (κ2) is 11.9. The molecule has 0 aliphatic carbocycles. The molecule has 5 aromatic rings. The van der Waals surface area contributed by atoms with Gasteiger partial charge in [-0.05, 0) is 79.4 Å². The van der Waals surface area contributed by atoms with Crippen molar-refractivity contribution >= 4 is 40.5 Å². The lowest BCUT2D eigenvalue weighted by molar-refractivity contribution is 0.0600. The van der Waals surface area contributed by atoms with Crippen LogP contribution in [0.1, 0.15) is 58.5 Å². The first-order valence-electron chi connectivity index (χ1n) is 15.3. The van der Waals surface area contributed by atoms with Crippen molar-refractivity contribution in [2.75, 3.05) is 17.3 Å². The second-order valence-corrected chi connectivity index (χ2v) is 11.3. The van der Waals surface area contributed by atoms with E-state index in [0.29, 0.717) is 17.2 Å². The molecule has 1 atom stereocenters. The number of unbranched alkanes of at least 4 members (excludes halogenated alkanes) is 1. The average molecular weight is 595 g/mol. The third kappa shape index (κ3) is 5.18. The topological polar surface area (TPSA) is 84.1 Å². The van der Waals surface area contributed by atoms with Crippen LogP contribution in [0.2, 0.25) is 0 Å². The van der Waals surface area contributed by atoms with Crippen LogP contribution in [0.25, 0.3) is 5.69 Å². The number of benzene rings is 4. The molecule has 0 spiro atoms. The first-order chi connectivity index (χ1) is 22.1. The molecule has 8 nitrogen and oxygen atoms in total. The molecule has 0 bridgehead atoms.